The number of nitrogens with one attached hydrogen (secondary N) is 1. The van der Waals surface area contributed by atoms with Gasteiger partial charge >= 0.3 is 0 Å². The highest BCUT2D eigenvalue weighted by atomic mass is 32.1. The summed E-state index contributed by atoms with van der Waals surface area (Å²) in [7, 11) is 0. The number of carbonyl (C=O) groups is 2. The number of nitrogen functional groups attached to an aromatic ring is 1. The van der Waals surface area contributed by atoms with Gasteiger partial charge in [0.1, 0.15) is 9.71 Å². The summed E-state index contributed by atoms with van der Waals surface area (Å²) in [5.74, 6) is -0.417. The molecule has 3 aromatic heterocycles. The van der Waals surface area contributed by atoms with Gasteiger partial charge in [0.05, 0.1) is 16.9 Å². The van der Waals surface area contributed by atoms with Gasteiger partial charge in [-0.25, -0.2) is 4.98 Å². The van der Waals surface area contributed by atoms with Crippen LogP contribution >= 0.6 is 22.7 Å². The number of thiophene rings is 2. The van der Waals surface area contributed by atoms with E-state index in [4.69, 9.17) is 10.7 Å². The van der Waals surface area contributed by atoms with Gasteiger partial charge in [-0.05, 0) is 30.5 Å². The maximum Gasteiger partial charge on any atom is 0.258 e. The monoisotopic (exact) mass is 469 g/mol. The van der Waals surface area contributed by atoms with Crippen LogP contribution in [0.4, 0.5) is 11.4 Å². The van der Waals surface area contributed by atoms with Crippen LogP contribution in [0.25, 0.3) is 20.7 Å². The molecular formula is C26H19N3O2S2. The Morgan fingerprint density at radius 1 is 0.939 bits per heavy atom. The maximum absolute atomic E-state index is 13.4. The van der Waals surface area contributed by atoms with Crippen molar-refractivity contribution in [3.63, 3.8) is 0 Å². The van der Waals surface area contributed by atoms with Crippen molar-refractivity contribution >= 4 is 56.0 Å². The first kappa shape index (κ1) is 21.1. The number of fused-ring (bicyclic) bond motifs is 1. The normalized spacial score (nSPS) is 10.9. The largest absolute Gasteiger partial charge is 0.397 e. The number of aryl methyl sites for hydroxylation is 1. The number of amides is 1. The molecular weight excluding hydrogens is 450 g/mol. The summed E-state index contributed by atoms with van der Waals surface area (Å²) in [4.78, 5) is 33.3. The number of hydrogen-bond acceptors (Lipinski definition) is 6. The molecule has 3 heterocycles. The fourth-order valence-electron chi connectivity index (χ4n) is 3.82. The van der Waals surface area contributed by atoms with Crippen LogP contribution in [0.5, 0.6) is 0 Å². The van der Waals surface area contributed by atoms with Crippen LogP contribution in [0.15, 0.2) is 78.2 Å². The Morgan fingerprint density at radius 2 is 1.64 bits per heavy atom. The standard InChI is InChI=1S/C26H19N3O2S2/c1-15-19(25(31)29-17-11-6-3-7-12-17)20(18-13-8-14-32-18)21-22(27)24(33-26(21)28-15)23(30)16-9-4-2-5-10-16/h2-14H,27H2,1H3,(H,29,31). The summed E-state index contributed by atoms with van der Waals surface area (Å²) < 4.78 is 0. The van der Waals surface area contributed by atoms with E-state index in [0.29, 0.717) is 48.9 Å². The van der Waals surface area contributed by atoms with Crippen LogP contribution in [0.1, 0.15) is 31.3 Å². The lowest BCUT2D eigenvalue weighted by Crippen LogP contribution is -2.15. The number of nitrogens with zero attached hydrogens (tertiary/aromatic N) is 1. The number of benzene rings is 2. The minimum atomic E-state index is -0.266. The van der Waals surface area contributed by atoms with E-state index < -0.39 is 0 Å². The van der Waals surface area contributed by atoms with E-state index in [9.17, 15) is 9.59 Å². The maximum atomic E-state index is 13.4. The second-order valence-electron chi connectivity index (χ2n) is 7.46. The lowest BCUT2D eigenvalue weighted by molar-refractivity contribution is 0.102. The van der Waals surface area contributed by atoms with Crippen LogP contribution in [-0.2, 0) is 0 Å². The Labute approximate surface area is 198 Å². The number of rotatable bonds is 5. The fraction of sp³-hybridized carbons (Fsp3) is 0.0385. The van der Waals surface area contributed by atoms with E-state index in [1.165, 1.54) is 22.7 Å². The highest BCUT2D eigenvalue weighted by Gasteiger charge is 2.27. The molecule has 0 saturated carbocycles. The third-order valence-electron chi connectivity index (χ3n) is 5.33. The van der Waals surface area contributed by atoms with Gasteiger partial charge in [0.25, 0.3) is 5.91 Å². The molecule has 3 N–H and O–H groups in total. The predicted octanol–water partition coefficient (Wildman–Crippen LogP) is 6.40. The van der Waals surface area contributed by atoms with Crippen molar-refractivity contribution in [1.82, 2.24) is 4.98 Å². The average molecular weight is 470 g/mol. The van der Waals surface area contributed by atoms with Crippen LogP contribution in [0, 0.1) is 6.92 Å². The number of aromatic nitrogens is 1. The molecule has 5 nitrogen and oxygen atoms in total. The number of hydrogen-bond donors (Lipinski definition) is 2. The van der Waals surface area contributed by atoms with Crippen molar-refractivity contribution in [1.29, 1.82) is 0 Å². The summed E-state index contributed by atoms with van der Waals surface area (Å²) in [5, 5.41) is 5.56. The smallest absolute Gasteiger partial charge is 0.258 e. The molecule has 5 aromatic rings. The summed E-state index contributed by atoms with van der Waals surface area (Å²) in [6.07, 6.45) is 0. The Kier molecular flexibility index (Phi) is 5.50. The van der Waals surface area contributed by atoms with Crippen molar-refractivity contribution in [2.45, 2.75) is 6.92 Å². The topological polar surface area (TPSA) is 85.1 Å². The quantitative estimate of drug-likeness (QED) is 0.292. The molecule has 162 valence electrons. The van der Waals surface area contributed by atoms with Gasteiger partial charge in [-0.15, -0.1) is 22.7 Å². The van der Waals surface area contributed by atoms with Gasteiger partial charge in [-0.3, -0.25) is 9.59 Å². The fourth-order valence-corrected chi connectivity index (χ4v) is 5.71. The molecule has 1 amide bonds. The van der Waals surface area contributed by atoms with E-state index in [1.807, 2.05) is 73.0 Å². The van der Waals surface area contributed by atoms with Crippen LogP contribution < -0.4 is 11.1 Å². The van der Waals surface area contributed by atoms with Crippen molar-refractivity contribution in [3.05, 3.63) is 99.9 Å². The van der Waals surface area contributed by atoms with Crippen LogP contribution in [0.3, 0.4) is 0 Å². The van der Waals surface area contributed by atoms with Crippen molar-refractivity contribution in [3.8, 4) is 10.4 Å². The van der Waals surface area contributed by atoms with E-state index in [1.54, 1.807) is 12.1 Å². The summed E-state index contributed by atoms with van der Waals surface area (Å²) in [6.45, 7) is 1.81. The molecule has 0 fully saturated rings. The van der Waals surface area contributed by atoms with Gasteiger partial charge in [-0.1, -0.05) is 54.6 Å². The number of para-hydroxylation sites is 1. The Hall–Kier alpha value is -3.81. The number of pyridine rings is 1. The first-order chi connectivity index (χ1) is 16.0. The van der Waals surface area contributed by atoms with Gasteiger partial charge < -0.3 is 11.1 Å². The van der Waals surface area contributed by atoms with Crippen molar-refractivity contribution in [2.24, 2.45) is 0 Å². The van der Waals surface area contributed by atoms with Crippen molar-refractivity contribution < 1.29 is 9.59 Å². The van der Waals surface area contributed by atoms with Gasteiger partial charge in [-0.2, -0.15) is 0 Å². The zero-order chi connectivity index (χ0) is 22.9. The number of nitrogens with two attached hydrogens (primary N) is 1. The molecule has 0 aliphatic rings. The molecule has 0 bridgehead atoms. The highest BCUT2D eigenvalue weighted by Crippen LogP contribution is 2.44. The first-order valence-electron chi connectivity index (χ1n) is 10.3. The molecule has 0 aliphatic heterocycles. The molecule has 2 aromatic carbocycles. The first-order valence-corrected chi connectivity index (χ1v) is 12.0. The summed E-state index contributed by atoms with van der Waals surface area (Å²) >= 11 is 2.78. The van der Waals surface area contributed by atoms with E-state index in [0.717, 1.165) is 4.88 Å². The Morgan fingerprint density at radius 3 is 2.30 bits per heavy atom. The highest BCUT2D eigenvalue weighted by molar-refractivity contribution is 7.21. The van der Waals surface area contributed by atoms with E-state index >= 15 is 0 Å². The zero-order valence-corrected chi connectivity index (χ0v) is 19.3. The molecule has 5 rings (SSSR count). The third-order valence-corrected chi connectivity index (χ3v) is 7.31. The van der Waals surface area contributed by atoms with E-state index in [-0.39, 0.29) is 11.7 Å². The summed E-state index contributed by atoms with van der Waals surface area (Å²) in [5.41, 5.74) is 9.94. The van der Waals surface area contributed by atoms with Crippen LogP contribution in [0.2, 0.25) is 0 Å². The second-order valence-corrected chi connectivity index (χ2v) is 9.41. The molecule has 0 aliphatic carbocycles. The molecule has 0 saturated heterocycles. The predicted molar refractivity (Wildman–Crippen MR) is 136 cm³/mol. The minimum absolute atomic E-state index is 0.152. The lowest BCUT2D eigenvalue weighted by atomic mass is 9.99. The molecule has 0 radical (unpaired) electrons. The number of ketones is 1. The third kappa shape index (κ3) is 3.82. The molecule has 0 atom stereocenters. The van der Waals surface area contributed by atoms with Gasteiger partial charge in [0, 0.05) is 27.1 Å². The van der Waals surface area contributed by atoms with E-state index in [2.05, 4.69) is 5.32 Å². The molecule has 0 unspecified atom stereocenters. The van der Waals surface area contributed by atoms with Crippen molar-refractivity contribution in [2.75, 3.05) is 11.1 Å². The SMILES string of the molecule is Cc1nc2sc(C(=O)c3ccccc3)c(N)c2c(-c2cccs2)c1C(=O)Nc1ccccc1. The minimum Gasteiger partial charge on any atom is -0.397 e. The Bertz CT molecular complexity index is 1480. The molecule has 7 heteroatoms. The Balaban J connectivity index is 1.72. The molecule has 0 spiro atoms. The zero-order valence-electron chi connectivity index (χ0n) is 17.7. The molecule has 33 heavy (non-hydrogen) atoms. The average Bonchev–Trinajstić information content (AvgIpc) is 3.47. The number of anilines is 2. The van der Waals surface area contributed by atoms with Crippen LogP contribution in [-0.4, -0.2) is 16.7 Å². The lowest BCUT2D eigenvalue weighted by Gasteiger charge is -2.13. The van der Waals surface area contributed by atoms with Gasteiger partial charge in [0.15, 0.2) is 0 Å². The summed E-state index contributed by atoms with van der Waals surface area (Å²) in [6, 6.07) is 22.2. The van der Waals surface area contributed by atoms with Gasteiger partial charge in [0.2, 0.25) is 5.78 Å². The second kappa shape index (κ2) is 8.61. The number of carbonyl (C=O) groups excluding carboxylic acids is 2.